The largest absolute Gasteiger partial charge is 0.339 e. The fraction of sp³-hybridized carbons (Fsp3) is 0.529. The molecule has 1 aromatic rings. The first kappa shape index (κ1) is 16.4. The van der Waals surface area contributed by atoms with Gasteiger partial charge in [0.25, 0.3) is 5.91 Å². The number of hydrogen-bond donors (Lipinski definition) is 0. The van der Waals surface area contributed by atoms with Gasteiger partial charge in [0, 0.05) is 36.6 Å². The minimum atomic E-state index is -0.424. The highest BCUT2D eigenvalue weighted by molar-refractivity contribution is 9.10. The van der Waals surface area contributed by atoms with Gasteiger partial charge in [0.15, 0.2) is 0 Å². The zero-order valence-corrected chi connectivity index (χ0v) is 14.5. The van der Waals surface area contributed by atoms with Crippen LogP contribution in [0.25, 0.3) is 0 Å². The third-order valence-corrected chi connectivity index (χ3v) is 5.43. The molecule has 4 nitrogen and oxygen atoms in total. The molecule has 23 heavy (non-hydrogen) atoms. The second-order valence-electron chi connectivity index (χ2n) is 6.22. The Kier molecular flexibility index (Phi) is 4.99. The van der Waals surface area contributed by atoms with Crippen molar-refractivity contribution in [1.82, 2.24) is 9.80 Å². The maximum absolute atomic E-state index is 13.4. The summed E-state index contributed by atoms with van der Waals surface area (Å²) in [6.07, 6.45) is 4.27. The molecule has 1 heterocycles. The van der Waals surface area contributed by atoms with E-state index in [1.165, 1.54) is 12.1 Å². The van der Waals surface area contributed by atoms with Crippen molar-refractivity contribution in [3.63, 3.8) is 0 Å². The van der Waals surface area contributed by atoms with Gasteiger partial charge in [0.05, 0.1) is 5.56 Å². The van der Waals surface area contributed by atoms with Crippen molar-refractivity contribution >= 4 is 27.7 Å². The van der Waals surface area contributed by atoms with Crippen LogP contribution in [-0.4, -0.2) is 47.8 Å². The Balaban J connectivity index is 1.61. The van der Waals surface area contributed by atoms with Crippen LogP contribution in [0.15, 0.2) is 22.7 Å². The van der Waals surface area contributed by atoms with E-state index in [9.17, 15) is 14.0 Å². The number of carbonyl (C=O) groups excluding carboxylic acids is 2. The summed E-state index contributed by atoms with van der Waals surface area (Å²) in [7, 11) is 0. The van der Waals surface area contributed by atoms with Gasteiger partial charge in [-0.25, -0.2) is 4.39 Å². The molecule has 2 aliphatic rings. The lowest BCUT2D eigenvalue weighted by Gasteiger charge is -2.36. The predicted molar refractivity (Wildman–Crippen MR) is 88.5 cm³/mol. The van der Waals surface area contributed by atoms with Gasteiger partial charge >= 0.3 is 0 Å². The fourth-order valence-corrected chi connectivity index (χ4v) is 3.81. The van der Waals surface area contributed by atoms with E-state index in [4.69, 9.17) is 0 Å². The van der Waals surface area contributed by atoms with Crippen LogP contribution in [0.2, 0.25) is 0 Å². The first-order chi connectivity index (χ1) is 11.1. The van der Waals surface area contributed by atoms with Crippen molar-refractivity contribution in [2.24, 2.45) is 5.92 Å². The smallest absolute Gasteiger partial charge is 0.255 e. The Morgan fingerprint density at radius 3 is 2.30 bits per heavy atom. The highest BCUT2D eigenvalue weighted by Gasteiger charge is 2.31. The van der Waals surface area contributed by atoms with E-state index in [-0.39, 0.29) is 17.7 Å². The molecule has 1 saturated carbocycles. The van der Waals surface area contributed by atoms with Crippen LogP contribution in [0, 0.1) is 11.7 Å². The highest BCUT2D eigenvalue weighted by Crippen LogP contribution is 2.27. The summed E-state index contributed by atoms with van der Waals surface area (Å²) < 4.78 is 14.0. The maximum atomic E-state index is 13.4. The molecule has 0 N–H and O–H groups in total. The van der Waals surface area contributed by atoms with Gasteiger partial charge in [0.2, 0.25) is 5.91 Å². The van der Waals surface area contributed by atoms with Crippen molar-refractivity contribution < 1.29 is 14.0 Å². The summed E-state index contributed by atoms with van der Waals surface area (Å²) in [4.78, 5) is 28.5. The number of amides is 2. The lowest BCUT2D eigenvalue weighted by atomic mass is 10.1. The summed E-state index contributed by atoms with van der Waals surface area (Å²) in [6.45, 7) is 2.13. The van der Waals surface area contributed by atoms with Crippen LogP contribution in [0.3, 0.4) is 0 Å². The molecule has 2 fully saturated rings. The molecule has 0 bridgehead atoms. The van der Waals surface area contributed by atoms with Crippen LogP contribution < -0.4 is 0 Å². The lowest BCUT2D eigenvalue weighted by Crippen LogP contribution is -2.51. The molecule has 1 saturated heterocycles. The molecule has 0 unspecified atom stereocenters. The molecule has 0 spiro atoms. The third kappa shape index (κ3) is 3.57. The summed E-state index contributed by atoms with van der Waals surface area (Å²) >= 11 is 3.30. The van der Waals surface area contributed by atoms with Crippen molar-refractivity contribution in [3.05, 3.63) is 34.1 Å². The van der Waals surface area contributed by atoms with Crippen molar-refractivity contribution in [2.75, 3.05) is 26.2 Å². The van der Waals surface area contributed by atoms with E-state index in [0.717, 1.165) is 25.7 Å². The van der Waals surface area contributed by atoms with Crippen molar-refractivity contribution in [1.29, 1.82) is 0 Å². The Morgan fingerprint density at radius 2 is 1.65 bits per heavy atom. The molecule has 124 valence electrons. The minimum Gasteiger partial charge on any atom is -0.339 e. The Hall–Kier alpha value is -1.43. The van der Waals surface area contributed by atoms with Crippen LogP contribution in [0.1, 0.15) is 36.0 Å². The Labute approximate surface area is 143 Å². The molecule has 0 aromatic heterocycles. The maximum Gasteiger partial charge on any atom is 0.255 e. The van der Waals surface area contributed by atoms with E-state index >= 15 is 0 Å². The van der Waals surface area contributed by atoms with Gasteiger partial charge in [-0.15, -0.1) is 0 Å². The molecule has 6 heteroatoms. The SMILES string of the molecule is O=C(c1cc(F)ccc1Br)N1CCN(C(=O)C2CCCC2)CC1. The van der Waals surface area contributed by atoms with E-state index in [2.05, 4.69) is 15.9 Å². The zero-order valence-electron chi connectivity index (χ0n) is 12.9. The van der Waals surface area contributed by atoms with Crippen LogP contribution >= 0.6 is 15.9 Å². The summed E-state index contributed by atoms with van der Waals surface area (Å²) in [6, 6.07) is 4.12. The third-order valence-electron chi connectivity index (χ3n) is 4.74. The number of rotatable bonds is 2. The second-order valence-corrected chi connectivity index (χ2v) is 7.08. The number of piperazine rings is 1. The lowest BCUT2D eigenvalue weighted by molar-refractivity contribution is -0.136. The van der Waals surface area contributed by atoms with E-state index in [0.29, 0.717) is 36.2 Å². The number of hydrogen-bond acceptors (Lipinski definition) is 2. The number of benzene rings is 1. The monoisotopic (exact) mass is 382 g/mol. The van der Waals surface area contributed by atoms with Crippen molar-refractivity contribution in [3.8, 4) is 0 Å². The highest BCUT2D eigenvalue weighted by atomic mass is 79.9. The number of carbonyl (C=O) groups is 2. The molecule has 0 radical (unpaired) electrons. The standard InChI is InChI=1S/C17H20BrFN2O2/c18-15-6-5-13(19)11-14(15)17(23)21-9-7-20(8-10-21)16(22)12-3-1-2-4-12/h5-6,11-12H,1-4,7-10H2. The van der Waals surface area contributed by atoms with Gasteiger partial charge in [-0.05, 0) is 47.0 Å². The normalized spacial score (nSPS) is 19.2. The van der Waals surface area contributed by atoms with Gasteiger partial charge in [-0.3, -0.25) is 9.59 Å². The molecular formula is C17H20BrFN2O2. The average molecular weight is 383 g/mol. The van der Waals surface area contributed by atoms with Crippen molar-refractivity contribution in [2.45, 2.75) is 25.7 Å². The van der Waals surface area contributed by atoms with Gasteiger partial charge in [-0.1, -0.05) is 12.8 Å². The fourth-order valence-electron chi connectivity index (χ4n) is 3.39. The molecule has 1 aromatic carbocycles. The molecule has 1 aliphatic carbocycles. The second kappa shape index (κ2) is 6.99. The average Bonchev–Trinajstić information content (AvgIpc) is 3.10. The number of nitrogens with zero attached hydrogens (tertiary/aromatic N) is 2. The molecular weight excluding hydrogens is 363 g/mol. The topological polar surface area (TPSA) is 40.6 Å². The van der Waals surface area contributed by atoms with E-state index < -0.39 is 5.82 Å². The minimum absolute atomic E-state index is 0.176. The predicted octanol–water partition coefficient (Wildman–Crippen LogP) is 3.06. The van der Waals surface area contributed by atoms with Gasteiger partial charge in [-0.2, -0.15) is 0 Å². The van der Waals surface area contributed by atoms with Gasteiger partial charge in [0.1, 0.15) is 5.82 Å². The first-order valence-corrected chi connectivity index (χ1v) is 8.88. The van der Waals surface area contributed by atoms with Crippen LogP contribution in [0.5, 0.6) is 0 Å². The summed E-state index contributed by atoms with van der Waals surface area (Å²) in [5.41, 5.74) is 0.334. The zero-order chi connectivity index (χ0) is 16.4. The van der Waals surface area contributed by atoms with Crippen LogP contribution in [0.4, 0.5) is 4.39 Å². The quantitative estimate of drug-likeness (QED) is 0.788. The molecule has 1 aliphatic heterocycles. The van der Waals surface area contributed by atoms with Crippen LogP contribution in [-0.2, 0) is 4.79 Å². The van der Waals surface area contributed by atoms with E-state index in [1.807, 2.05) is 4.90 Å². The Morgan fingerprint density at radius 1 is 1.04 bits per heavy atom. The summed E-state index contributed by atoms with van der Waals surface area (Å²) in [5.74, 6) is -0.202. The molecule has 3 rings (SSSR count). The van der Waals surface area contributed by atoms with Gasteiger partial charge < -0.3 is 9.80 Å². The molecule has 0 atom stereocenters. The molecule has 2 amide bonds. The first-order valence-electron chi connectivity index (χ1n) is 8.09. The Bertz CT molecular complexity index is 609. The summed E-state index contributed by atoms with van der Waals surface area (Å²) in [5, 5.41) is 0. The van der Waals surface area contributed by atoms with E-state index in [1.54, 1.807) is 11.0 Å². The number of halogens is 2.